The molecule has 0 saturated heterocycles. The topological polar surface area (TPSA) is 58.7 Å². The predicted octanol–water partition coefficient (Wildman–Crippen LogP) is 2.41. The van der Waals surface area contributed by atoms with Crippen molar-refractivity contribution in [1.82, 2.24) is 0 Å². The minimum atomic E-state index is -0.437. The highest BCUT2D eigenvalue weighted by Gasteiger charge is 2.13. The van der Waals surface area contributed by atoms with Crippen molar-refractivity contribution in [2.75, 3.05) is 36.9 Å². The molecule has 108 valence electrons. The van der Waals surface area contributed by atoms with Gasteiger partial charge in [0, 0.05) is 31.8 Å². The molecular weight excluding hydrogens is 247 g/mol. The summed E-state index contributed by atoms with van der Waals surface area (Å²) < 4.78 is 19.1. The van der Waals surface area contributed by atoms with Gasteiger partial charge in [0.1, 0.15) is 0 Å². The lowest BCUT2D eigenvalue weighted by atomic mass is 10.2. The minimum Gasteiger partial charge on any atom is -0.490 e. The molecule has 0 spiro atoms. The quantitative estimate of drug-likeness (QED) is 0.712. The average Bonchev–Trinajstić information content (AvgIpc) is 2.40. The van der Waals surface area contributed by atoms with Crippen LogP contribution in [-0.2, 0) is 0 Å². The molecule has 4 nitrogen and oxygen atoms in total. The molecule has 1 rings (SSSR count). The number of nitrogens with two attached hydrogens (primary N) is 1. The van der Waals surface area contributed by atoms with Crippen LogP contribution in [0.2, 0.25) is 0 Å². The van der Waals surface area contributed by atoms with Crippen molar-refractivity contribution >= 4 is 11.4 Å². The second-order valence-electron chi connectivity index (χ2n) is 4.35. The summed E-state index contributed by atoms with van der Waals surface area (Å²) in [5.74, 6) is -0.207. The van der Waals surface area contributed by atoms with Crippen LogP contribution < -0.4 is 15.4 Å². The van der Waals surface area contributed by atoms with Crippen LogP contribution in [0.1, 0.15) is 26.7 Å². The molecule has 0 heterocycles. The number of aliphatic hydroxyl groups is 1. The van der Waals surface area contributed by atoms with Crippen molar-refractivity contribution in [3.63, 3.8) is 0 Å². The number of halogens is 1. The number of anilines is 2. The molecule has 5 heteroatoms. The largest absolute Gasteiger partial charge is 0.490 e. The van der Waals surface area contributed by atoms with Gasteiger partial charge in [0.05, 0.1) is 18.0 Å². The number of hydrogen-bond acceptors (Lipinski definition) is 4. The van der Waals surface area contributed by atoms with E-state index in [4.69, 9.17) is 15.6 Å². The number of aliphatic hydroxyl groups excluding tert-OH is 1. The fraction of sp³-hybridized carbons (Fsp3) is 0.571. The fourth-order valence-electron chi connectivity index (χ4n) is 1.87. The average molecular weight is 270 g/mol. The van der Waals surface area contributed by atoms with E-state index in [1.807, 2.05) is 18.7 Å². The summed E-state index contributed by atoms with van der Waals surface area (Å²) >= 11 is 0. The van der Waals surface area contributed by atoms with Gasteiger partial charge in [-0.15, -0.1) is 0 Å². The van der Waals surface area contributed by atoms with Crippen LogP contribution in [0.4, 0.5) is 15.8 Å². The zero-order valence-electron chi connectivity index (χ0n) is 11.7. The van der Waals surface area contributed by atoms with Gasteiger partial charge in [-0.2, -0.15) is 0 Å². The smallest absolute Gasteiger partial charge is 0.167 e. The van der Waals surface area contributed by atoms with Gasteiger partial charge < -0.3 is 20.5 Å². The third-order valence-corrected chi connectivity index (χ3v) is 2.85. The molecule has 0 saturated carbocycles. The van der Waals surface area contributed by atoms with E-state index in [0.29, 0.717) is 25.3 Å². The second kappa shape index (κ2) is 7.84. The number of nitrogen functional groups attached to an aromatic ring is 1. The first-order valence-electron chi connectivity index (χ1n) is 6.71. The number of nitrogens with zero attached hydrogens (tertiary/aromatic N) is 1. The Kier molecular flexibility index (Phi) is 6.42. The molecule has 0 atom stereocenters. The summed E-state index contributed by atoms with van der Waals surface area (Å²) in [7, 11) is 0. The van der Waals surface area contributed by atoms with E-state index in [9.17, 15) is 4.39 Å². The lowest BCUT2D eigenvalue weighted by molar-refractivity contribution is 0.289. The first-order chi connectivity index (χ1) is 9.13. The predicted molar refractivity (Wildman–Crippen MR) is 76.2 cm³/mol. The number of ether oxygens (including phenoxy) is 1. The van der Waals surface area contributed by atoms with Crippen LogP contribution in [0.25, 0.3) is 0 Å². The molecule has 3 N–H and O–H groups in total. The molecule has 0 fully saturated rings. The monoisotopic (exact) mass is 270 g/mol. The first-order valence-corrected chi connectivity index (χ1v) is 6.71. The Hall–Kier alpha value is -1.49. The van der Waals surface area contributed by atoms with Crippen molar-refractivity contribution in [2.45, 2.75) is 26.7 Å². The van der Waals surface area contributed by atoms with Crippen molar-refractivity contribution in [3.05, 3.63) is 17.9 Å². The van der Waals surface area contributed by atoms with Gasteiger partial charge in [-0.3, -0.25) is 0 Å². The SMILES string of the molecule is CCCOc1cc(N(CC)CCCO)c(N)cc1F. The van der Waals surface area contributed by atoms with Gasteiger partial charge in [0.2, 0.25) is 0 Å². The van der Waals surface area contributed by atoms with Crippen LogP contribution in [0.5, 0.6) is 5.75 Å². The van der Waals surface area contributed by atoms with E-state index in [1.54, 1.807) is 6.07 Å². The zero-order valence-corrected chi connectivity index (χ0v) is 11.7. The molecule has 19 heavy (non-hydrogen) atoms. The Bertz CT molecular complexity index is 399. The molecule has 0 bridgehead atoms. The molecule has 0 aliphatic rings. The summed E-state index contributed by atoms with van der Waals surface area (Å²) in [6.45, 7) is 5.97. The summed E-state index contributed by atoms with van der Waals surface area (Å²) in [4.78, 5) is 2.00. The van der Waals surface area contributed by atoms with Crippen LogP contribution in [0, 0.1) is 5.82 Å². The number of rotatable bonds is 8. The molecule has 0 amide bonds. The lowest BCUT2D eigenvalue weighted by Crippen LogP contribution is -2.25. The molecule has 1 aromatic rings. The van der Waals surface area contributed by atoms with E-state index in [1.165, 1.54) is 6.07 Å². The Morgan fingerprint density at radius 1 is 1.37 bits per heavy atom. The Balaban J connectivity index is 2.97. The molecule has 0 radical (unpaired) electrons. The highest BCUT2D eigenvalue weighted by atomic mass is 19.1. The number of benzene rings is 1. The lowest BCUT2D eigenvalue weighted by Gasteiger charge is -2.25. The van der Waals surface area contributed by atoms with Gasteiger partial charge in [-0.05, 0) is 19.8 Å². The third-order valence-electron chi connectivity index (χ3n) is 2.85. The van der Waals surface area contributed by atoms with Crippen LogP contribution in [0.3, 0.4) is 0 Å². The molecule has 0 aliphatic heterocycles. The molecule has 1 aromatic carbocycles. The van der Waals surface area contributed by atoms with Crippen molar-refractivity contribution in [3.8, 4) is 5.75 Å². The van der Waals surface area contributed by atoms with Crippen molar-refractivity contribution < 1.29 is 14.2 Å². The van der Waals surface area contributed by atoms with Gasteiger partial charge in [-0.1, -0.05) is 6.92 Å². The van der Waals surface area contributed by atoms with E-state index in [2.05, 4.69) is 0 Å². The van der Waals surface area contributed by atoms with E-state index >= 15 is 0 Å². The van der Waals surface area contributed by atoms with Crippen LogP contribution in [0.15, 0.2) is 12.1 Å². The van der Waals surface area contributed by atoms with Crippen LogP contribution in [-0.4, -0.2) is 31.4 Å². The Labute approximate surface area is 114 Å². The van der Waals surface area contributed by atoms with Gasteiger partial charge >= 0.3 is 0 Å². The van der Waals surface area contributed by atoms with Gasteiger partial charge in [0.25, 0.3) is 0 Å². The maximum Gasteiger partial charge on any atom is 0.167 e. The van der Waals surface area contributed by atoms with Crippen molar-refractivity contribution in [2.24, 2.45) is 0 Å². The molecule has 0 aliphatic carbocycles. The van der Waals surface area contributed by atoms with Crippen LogP contribution >= 0.6 is 0 Å². The molecule has 0 unspecified atom stereocenters. The first kappa shape index (κ1) is 15.6. The molecule has 0 aromatic heterocycles. The highest BCUT2D eigenvalue weighted by molar-refractivity contribution is 5.70. The normalized spacial score (nSPS) is 10.5. The fourth-order valence-corrected chi connectivity index (χ4v) is 1.87. The minimum absolute atomic E-state index is 0.122. The summed E-state index contributed by atoms with van der Waals surface area (Å²) in [6.07, 6.45) is 1.47. The summed E-state index contributed by atoms with van der Waals surface area (Å²) in [5, 5.41) is 8.90. The Morgan fingerprint density at radius 3 is 2.68 bits per heavy atom. The van der Waals surface area contributed by atoms with E-state index < -0.39 is 5.82 Å². The summed E-state index contributed by atoms with van der Waals surface area (Å²) in [6, 6.07) is 2.93. The van der Waals surface area contributed by atoms with Gasteiger partial charge in [0.15, 0.2) is 11.6 Å². The second-order valence-corrected chi connectivity index (χ2v) is 4.35. The highest BCUT2D eigenvalue weighted by Crippen LogP contribution is 2.31. The maximum absolute atomic E-state index is 13.7. The molecular formula is C14H23FN2O2. The number of hydrogen-bond donors (Lipinski definition) is 2. The van der Waals surface area contributed by atoms with E-state index in [-0.39, 0.29) is 12.4 Å². The maximum atomic E-state index is 13.7. The Morgan fingerprint density at radius 2 is 2.11 bits per heavy atom. The zero-order chi connectivity index (χ0) is 14.3. The standard InChI is InChI=1S/C14H23FN2O2/c1-3-8-19-14-10-13(12(16)9-11(14)15)17(4-2)6-5-7-18/h9-10,18H,3-8,16H2,1-2H3. The van der Waals surface area contributed by atoms with Gasteiger partial charge in [-0.25, -0.2) is 4.39 Å². The summed E-state index contributed by atoms with van der Waals surface area (Å²) in [5.41, 5.74) is 7.01. The van der Waals surface area contributed by atoms with E-state index in [0.717, 1.165) is 18.7 Å². The van der Waals surface area contributed by atoms with Crippen molar-refractivity contribution in [1.29, 1.82) is 0 Å². The third kappa shape index (κ3) is 4.28.